The summed E-state index contributed by atoms with van der Waals surface area (Å²) in [6, 6.07) is 0. The molecule has 18 heavy (non-hydrogen) atoms. The summed E-state index contributed by atoms with van der Waals surface area (Å²) >= 11 is 0. The minimum Gasteiger partial charge on any atom is -0.402 e. The van der Waals surface area contributed by atoms with Gasteiger partial charge in [0.05, 0.1) is 12.2 Å². The molecule has 2 atom stereocenters. The molecule has 0 bridgehead atoms. The van der Waals surface area contributed by atoms with Crippen molar-refractivity contribution < 1.29 is 15.0 Å². The van der Waals surface area contributed by atoms with Gasteiger partial charge < -0.3 is 15.0 Å². The predicted molar refractivity (Wildman–Crippen MR) is 78.2 cm³/mol. The fourth-order valence-electron chi connectivity index (χ4n) is 1.93. The second-order valence-corrected chi connectivity index (χ2v) is 5.79. The standard InChI is InChI=1S/C7H14BNO2.C4H10.C3H8/c9-5-8-10-6-3-1-2-4-7(6)11-8;1-4(2)3;1-3-2/h6-7H,1-5,9H2;4H,1-3H3;3H2,1-2H3/p+1. The molecule has 2 aliphatic rings. The Balaban J connectivity index is 0.000000351. The first-order valence-electron chi connectivity index (χ1n) is 7.65. The molecule has 0 aromatic rings. The molecule has 0 amide bonds. The van der Waals surface area contributed by atoms with Crippen molar-refractivity contribution in [3.8, 4) is 0 Å². The van der Waals surface area contributed by atoms with Gasteiger partial charge in [0.2, 0.25) is 0 Å². The molecular weight excluding hydrogens is 225 g/mol. The molecule has 2 unspecified atom stereocenters. The van der Waals surface area contributed by atoms with Crippen LogP contribution in [-0.4, -0.2) is 25.8 Å². The van der Waals surface area contributed by atoms with E-state index in [4.69, 9.17) is 9.31 Å². The van der Waals surface area contributed by atoms with E-state index < -0.39 is 0 Å². The van der Waals surface area contributed by atoms with Crippen molar-refractivity contribution in [2.75, 3.05) is 6.44 Å². The minimum atomic E-state index is -0.0110. The Morgan fingerprint density at radius 2 is 1.39 bits per heavy atom. The maximum absolute atomic E-state index is 5.63. The lowest BCUT2D eigenvalue weighted by atomic mass is 9.92. The van der Waals surface area contributed by atoms with E-state index >= 15 is 0 Å². The van der Waals surface area contributed by atoms with Crippen molar-refractivity contribution >= 4 is 7.12 Å². The Morgan fingerprint density at radius 3 is 1.67 bits per heavy atom. The second-order valence-electron chi connectivity index (χ2n) is 5.79. The fourth-order valence-corrected chi connectivity index (χ4v) is 1.93. The first-order chi connectivity index (χ1) is 8.54. The summed E-state index contributed by atoms with van der Waals surface area (Å²) in [5.74, 6) is 0.833. The Kier molecular flexibility index (Phi) is 10.8. The zero-order valence-electron chi connectivity index (χ0n) is 13.1. The van der Waals surface area contributed by atoms with E-state index in [1.54, 1.807) is 0 Å². The van der Waals surface area contributed by atoms with Gasteiger partial charge in [-0.3, -0.25) is 0 Å². The van der Waals surface area contributed by atoms with Crippen LogP contribution in [0.15, 0.2) is 0 Å². The first kappa shape index (κ1) is 17.9. The monoisotopic (exact) mass is 258 g/mol. The van der Waals surface area contributed by atoms with Crippen molar-refractivity contribution in [3.05, 3.63) is 0 Å². The lowest BCUT2D eigenvalue weighted by molar-refractivity contribution is -0.348. The molecule has 3 N–H and O–H groups in total. The molecule has 1 saturated heterocycles. The van der Waals surface area contributed by atoms with Gasteiger partial charge in [0.1, 0.15) is 6.44 Å². The SMILES string of the molecule is CC(C)C.CCC.[NH3+]CB1OC2CCCCC2O1. The summed E-state index contributed by atoms with van der Waals surface area (Å²) in [6.07, 6.45) is 7.73. The maximum atomic E-state index is 5.63. The van der Waals surface area contributed by atoms with E-state index in [-0.39, 0.29) is 7.12 Å². The smallest absolute Gasteiger partial charge is 0.402 e. The summed E-state index contributed by atoms with van der Waals surface area (Å²) in [6.45, 7) is 10.8. The highest BCUT2D eigenvalue weighted by atomic mass is 16.7. The zero-order chi connectivity index (χ0) is 14.0. The van der Waals surface area contributed by atoms with Crippen LogP contribution in [0.1, 0.15) is 66.7 Å². The highest BCUT2D eigenvalue weighted by Gasteiger charge is 2.40. The molecular formula is C14H33BNO2+. The van der Waals surface area contributed by atoms with E-state index in [0.717, 1.165) is 12.4 Å². The van der Waals surface area contributed by atoms with Crippen LogP contribution in [0.5, 0.6) is 0 Å². The van der Waals surface area contributed by atoms with Crippen LogP contribution in [0.4, 0.5) is 0 Å². The molecule has 2 fully saturated rings. The highest BCUT2D eigenvalue weighted by Crippen LogP contribution is 2.29. The topological polar surface area (TPSA) is 46.1 Å². The van der Waals surface area contributed by atoms with E-state index in [9.17, 15) is 0 Å². The van der Waals surface area contributed by atoms with Crippen LogP contribution in [0.2, 0.25) is 0 Å². The van der Waals surface area contributed by atoms with Crippen molar-refractivity contribution in [2.45, 2.75) is 78.9 Å². The Morgan fingerprint density at radius 1 is 1.06 bits per heavy atom. The molecule has 0 aromatic carbocycles. The van der Waals surface area contributed by atoms with Crippen molar-refractivity contribution in [1.29, 1.82) is 0 Å². The molecule has 108 valence electrons. The van der Waals surface area contributed by atoms with E-state index in [0.29, 0.717) is 12.2 Å². The zero-order valence-corrected chi connectivity index (χ0v) is 13.1. The lowest BCUT2D eigenvalue weighted by Crippen LogP contribution is -2.58. The molecule has 1 aliphatic carbocycles. The van der Waals surface area contributed by atoms with Gasteiger partial charge in [0.15, 0.2) is 0 Å². The van der Waals surface area contributed by atoms with E-state index in [2.05, 4.69) is 40.4 Å². The average molecular weight is 258 g/mol. The maximum Gasteiger partial charge on any atom is 0.517 e. The van der Waals surface area contributed by atoms with Crippen LogP contribution in [-0.2, 0) is 9.31 Å². The Hall–Kier alpha value is -0.0551. The molecule has 2 rings (SSSR count). The van der Waals surface area contributed by atoms with Crippen molar-refractivity contribution in [2.24, 2.45) is 5.92 Å². The molecule has 0 aromatic heterocycles. The molecule has 4 heteroatoms. The van der Waals surface area contributed by atoms with Gasteiger partial charge in [-0.1, -0.05) is 53.9 Å². The summed E-state index contributed by atoms with van der Waals surface area (Å²) in [5, 5.41) is 0. The van der Waals surface area contributed by atoms with Crippen LogP contribution in [0.25, 0.3) is 0 Å². The number of hydrogen-bond donors (Lipinski definition) is 1. The summed E-state index contributed by atoms with van der Waals surface area (Å²) < 4.78 is 11.3. The van der Waals surface area contributed by atoms with Gasteiger partial charge in [-0.2, -0.15) is 0 Å². The van der Waals surface area contributed by atoms with Gasteiger partial charge in [-0.05, 0) is 18.8 Å². The highest BCUT2D eigenvalue weighted by molar-refractivity contribution is 6.44. The van der Waals surface area contributed by atoms with E-state index in [1.807, 2.05) is 0 Å². The number of fused-ring (bicyclic) bond motifs is 1. The van der Waals surface area contributed by atoms with Gasteiger partial charge in [0.25, 0.3) is 0 Å². The normalized spacial score (nSPS) is 25.8. The molecule has 1 heterocycles. The molecule has 3 nitrogen and oxygen atoms in total. The number of hydrogen-bond acceptors (Lipinski definition) is 2. The third kappa shape index (κ3) is 8.12. The van der Waals surface area contributed by atoms with Crippen molar-refractivity contribution in [3.63, 3.8) is 0 Å². The van der Waals surface area contributed by atoms with Crippen molar-refractivity contribution in [1.82, 2.24) is 0 Å². The third-order valence-corrected chi connectivity index (χ3v) is 2.53. The number of rotatable bonds is 1. The first-order valence-corrected chi connectivity index (χ1v) is 7.65. The molecule has 0 radical (unpaired) electrons. The molecule has 1 saturated carbocycles. The second kappa shape index (κ2) is 10.8. The summed E-state index contributed by atoms with van der Waals surface area (Å²) in [5.41, 5.74) is 3.78. The Bertz CT molecular complexity index is 174. The van der Waals surface area contributed by atoms with Gasteiger partial charge >= 0.3 is 7.12 Å². The van der Waals surface area contributed by atoms with Crippen LogP contribution in [0, 0.1) is 5.92 Å². The largest absolute Gasteiger partial charge is 0.517 e. The van der Waals surface area contributed by atoms with Crippen LogP contribution >= 0.6 is 0 Å². The fraction of sp³-hybridized carbons (Fsp3) is 1.00. The van der Waals surface area contributed by atoms with Crippen LogP contribution in [0.3, 0.4) is 0 Å². The molecule has 0 spiro atoms. The Labute approximate surface area is 114 Å². The quantitative estimate of drug-likeness (QED) is 0.735. The summed E-state index contributed by atoms with van der Waals surface area (Å²) in [7, 11) is -0.0110. The van der Waals surface area contributed by atoms with E-state index in [1.165, 1.54) is 32.1 Å². The average Bonchev–Trinajstić information content (AvgIpc) is 2.72. The van der Waals surface area contributed by atoms with Gasteiger partial charge in [0, 0.05) is 0 Å². The molecule has 1 aliphatic heterocycles. The third-order valence-electron chi connectivity index (χ3n) is 2.53. The van der Waals surface area contributed by atoms with Crippen LogP contribution < -0.4 is 5.73 Å². The number of quaternary nitrogens is 1. The predicted octanol–water partition coefficient (Wildman–Crippen LogP) is 2.69. The summed E-state index contributed by atoms with van der Waals surface area (Å²) in [4.78, 5) is 0. The van der Waals surface area contributed by atoms with Gasteiger partial charge in [-0.15, -0.1) is 0 Å². The minimum absolute atomic E-state index is 0.0110. The lowest BCUT2D eigenvalue weighted by Gasteiger charge is -2.22. The van der Waals surface area contributed by atoms with Gasteiger partial charge in [-0.25, -0.2) is 0 Å².